The van der Waals surface area contributed by atoms with Gasteiger partial charge in [-0.05, 0) is 78.5 Å². The Morgan fingerprint density at radius 3 is 2.30 bits per heavy atom. The molecule has 6 nitrogen and oxygen atoms in total. The van der Waals surface area contributed by atoms with Gasteiger partial charge in [0.2, 0.25) is 0 Å². The van der Waals surface area contributed by atoms with Gasteiger partial charge in [0, 0.05) is 24.1 Å². The highest BCUT2D eigenvalue weighted by molar-refractivity contribution is 7.85. The summed E-state index contributed by atoms with van der Waals surface area (Å²) in [7, 11) is 0.289. The molecular formula is C23H34N2O4S. The zero-order valence-electron chi connectivity index (χ0n) is 19.2. The van der Waals surface area contributed by atoms with Crippen LogP contribution < -0.4 is 4.74 Å². The van der Waals surface area contributed by atoms with Crippen LogP contribution >= 0.6 is 0 Å². The number of hydrogen-bond donors (Lipinski definition) is 0. The molecule has 0 bridgehead atoms. The standard InChI is InChI=1S/C23H34N2O4S/c1-21(2,3)29-20(26)25-12-10-23(11-13-25)15-16-8-9-17(28-7)14-18(16)19(23)24-30(27)22(4,5)6/h8-9,14H,10-13,15H2,1-7H3/b24-19+. The van der Waals surface area contributed by atoms with Crippen molar-refractivity contribution in [3.63, 3.8) is 0 Å². The van der Waals surface area contributed by atoms with Crippen LogP contribution in [0, 0.1) is 5.41 Å². The van der Waals surface area contributed by atoms with Crippen molar-refractivity contribution >= 4 is 22.8 Å². The van der Waals surface area contributed by atoms with Crippen molar-refractivity contribution < 1.29 is 18.5 Å². The molecule has 0 saturated carbocycles. The number of benzene rings is 1. The molecule has 1 aromatic carbocycles. The lowest BCUT2D eigenvalue weighted by Crippen LogP contribution is -2.47. The molecule has 1 fully saturated rings. The average Bonchev–Trinajstić information content (AvgIpc) is 2.92. The minimum absolute atomic E-state index is 0.214. The zero-order valence-corrected chi connectivity index (χ0v) is 20.0. The zero-order chi connectivity index (χ0) is 22.3. The Morgan fingerprint density at radius 1 is 1.13 bits per heavy atom. The summed E-state index contributed by atoms with van der Waals surface area (Å²) >= 11 is 0. The van der Waals surface area contributed by atoms with Crippen LogP contribution in [-0.4, -0.2) is 51.5 Å². The number of likely N-dealkylation sites (tertiary alicyclic amines) is 1. The summed E-state index contributed by atoms with van der Waals surface area (Å²) in [6.45, 7) is 12.6. The van der Waals surface area contributed by atoms with Crippen LogP contribution in [0.2, 0.25) is 0 Å². The molecule has 1 unspecified atom stereocenters. The van der Waals surface area contributed by atoms with E-state index in [2.05, 4.69) is 6.07 Å². The summed E-state index contributed by atoms with van der Waals surface area (Å²) in [6.07, 6.45) is 2.10. The first-order valence-electron chi connectivity index (χ1n) is 10.5. The van der Waals surface area contributed by atoms with Gasteiger partial charge >= 0.3 is 6.09 Å². The van der Waals surface area contributed by atoms with E-state index in [1.807, 2.05) is 53.7 Å². The van der Waals surface area contributed by atoms with Gasteiger partial charge in [-0.2, -0.15) is 4.40 Å². The number of methoxy groups -OCH3 is 1. The van der Waals surface area contributed by atoms with E-state index in [1.54, 1.807) is 12.0 Å². The lowest BCUT2D eigenvalue weighted by atomic mass is 9.74. The van der Waals surface area contributed by atoms with Crippen molar-refractivity contribution in [2.75, 3.05) is 20.2 Å². The van der Waals surface area contributed by atoms with Gasteiger partial charge in [-0.25, -0.2) is 9.00 Å². The topological polar surface area (TPSA) is 68.2 Å². The van der Waals surface area contributed by atoms with Crippen LogP contribution in [-0.2, 0) is 22.1 Å². The molecule has 166 valence electrons. The first-order chi connectivity index (χ1) is 13.8. The van der Waals surface area contributed by atoms with Crippen LogP contribution in [0.5, 0.6) is 5.75 Å². The highest BCUT2D eigenvalue weighted by Crippen LogP contribution is 2.46. The van der Waals surface area contributed by atoms with E-state index >= 15 is 0 Å². The van der Waals surface area contributed by atoms with Crippen LogP contribution in [0.1, 0.15) is 65.5 Å². The van der Waals surface area contributed by atoms with Gasteiger partial charge in [-0.3, -0.25) is 0 Å². The van der Waals surface area contributed by atoms with Crippen LogP contribution in [0.25, 0.3) is 0 Å². The van der Waals surface area contributed by atoms with Gasteiger partial charge in [-0.15, -0.1) is 0 Å². The number of ether oxygens (including phenoxy) is 2. The molecule has 1 aromatic rings. The van der Waals surface area contributed by atoms with Crippen LogP contribution in [0.3, 0.4) is 0 Å². The SMILES string of the molecule is COc1ccc2c(c1)/C(=N\S(=O)C(C)(C)C)C1(CCN(C(=O)OC(C)(C)C)CC1)C2. The molecule has 1 spiro atoms. The predicted molar refractivity (Wildman–Crippen MR) is 121 cm³/mol. The third kappa shape index (κ3) is 4.71. The Bertz CT molecular complexity index is 872. The molecule has 0 radical (unpaired) electrons. The van der Waals surface area contributed by atoms with E-state index < -0.39 is 21.3 Å². The smallest absolute Gasteiger partial charge is 0.410 e. The maximum Gasteiger partial charge on any atom is 0.410 e. The first kappa shape index (κ1) is 22.8. The van der Waals surface area contributed by atoms with E-state index in [1.165, 1.54) is 5.56 Å². The number of piperidine rings is 1. The molecule has 7 heteroatoms. The molecule has 1 atom stereocenters. The molecule has 2 aliphatic rings. The average molecular weight is 435 g/mol. The van der Waals surface area contributed by atoms with E-state index in [0.29, 0.717) is 13.1 Å². The van der Waals surface area contributed by atoms with Crippen molar-refractivity contribution in [1.82, 2.24) is 4.90 Å². The predicted octanol–water partition coefficient (Wildman–Crippen LogP) is 4.52. The number of amides is 1. The normalized spacial score (nSPS) is 20.9. The second kappa shape index (κ2) is 7.98. The van der Waals surface area contributed by atoms with Crippen molar-refractivity contribution in [2.24, 2.45) is 9.81 Å². The molecule has 30 heavy (non-hydrogen) atoms. The van der Waals surface area contributed by atoms with Crippen molar-refractivity contribution in [3.8, 4) is 5.75 Å². The number of hydrogen-bond acceptors (Lipinski definition) is 4. The number of carbonyl (C=O) groups excluding carboxylic acids is 1. The van der Waals surface area contributed by atoms with E-state index in [-0.39, 0.29) is 11.5 Å². The minimum atomic E-state index is -1.36. The lowest BCUT2D eigenvalue weighted by Gasteiger charge is -2.40. The maximum absolute atomic E-state index is 12.9. The molecule has 1 aliphatic carbocycles. The molecule has 0 aromatic heterocycles. The van der Waals surface area contributed by atoms with Gasteiger partial charge in [0.1, 0.15) is 22.3 Å². The van der Waals surface area contributed by atoms with E-state index in [4.69, 9.17) is 13.9 Å². The molecule has 1 heterocycles. The quantitative estimate of drug-likeness (QED) is 0.686. The summed E-state index contributed by atoms with van der Waals surface area (Å²) in [4.78, 5) is 14.3. The largest absolute Gasteiger partial charge is 0.497 e. The van der Waals surface area contributed by atoms with Gasteiger partial charge in [0.15, 0.2) is 0 Å². The molecule has 1 amide bonds. The number of carbonyl (C=O) groups is 1. The number of nitrogens with zero attached hydrogens (tertiary/aromatic N) is 2. The molecule has 1 saturated heterocycles. The third-order valence-electron chi connectivity index (χ3n) is 5.67. The number of fused-ring (bicyclic) bond motifs is 1. The fraction of sp³-hybridized carbons (Fsp3) is 0.652. The van der Waals surface area contributed by atoms with Gasteiger partial charge in [0.25, 0.3) is 0 Å². The molecular weight excluding hydrogens is 400 g/mol. The highest BCUT2D eigenvalue weighted by atomic mass is 32.2. The van der Waals surface area contributed by atoms with E-state index in [0.717, 1.165) is 36.3 Å². The van der Waals surface area contributed by atoms with Gasteiger partial charge < -0.3 is 14.4 Å². The van der Waals surface area contributed by atoms with Gasteiger partial charge in [-0.1, -0.05) is 6.07 Å². The summed E-state index contributed by atoms with van der Waals surface area (Å²) in [6, 6.07) is 6.05. The Balaban J connectivity index is 1.91. The Morgan fingerprint density at radius 2 is 1.77 bits per heavy atom. The fourth-order valence-electron chi connectivity index (χ4n) is 4.01. The van der Waals surface area contributed by atoms with Crippen molar-refractivity contribution in [3.05, 3.63) is 29.3 Å². The summed E-state index contributed by atoms with van der Waals surface area (Å²) in [5.74, 6) is 0.770. The van der Waals surface area contributed by atoms with E-state index in [9.17, 15) is 9.00 Å². The maximum atomic E-state index is 12.9. The number of rotatable bonds is 2. The van der Waals surface area contributed by atoms with Gasteiger partial charge in [0.05, 0.1) is 17.6 Å². The minimum Gasteiger partial charge on any atom is -0.497 e. The Labute approximate surface area is 182 Å². The van der Waals surface area contributed by atoms with Crippen LogP contribution in [0.15, 0.2) is 22.6 Å². The lowest BCUT2D eigenvalue weighted by molar-refractivity contribution is 0.0159. The summed E-state index contributed by atoms with van der Waals surface area (Å²) in [5, 5.41) is 0. The van der Waals surface area contributed by atoms with Crippen molar-refractivity contribution in [1.29, 1.82) is 0 Å². The summed E-state index contributed by atoms with van der Waals surface area (Å²) in [5.41, 5.74) is 2.40. The van der Waals surface area contributed by atoms with Crippen molar-refractivity contribution in [2.45, 2.75) is 71.2 Å². The highest BCUT2D eigenvalue weighted by Gasteiger charge is 2.47. The second-order valence-corrected chi connectivity index (χ2v) is 12.2. The first-order valence-corrected chi connectivity index (χ1v) is 11.6. The molecule has 3 rings (SSSR count). The third-order valence-corrected chi connectivity index (χ3v) is 7.07. The second-order valence-electron chi connectivity index (χ2n) is 10.2. The Hall–Kier alpha value is -1.89. The molecule has 1 aliphatic heterocycles. The van der Waals surface area contributed by atoms with Crippen LogP contribution in [0.4, 0.5) is 4.79 Å². The molecule has 0 N–H and O–H groups in total. The fourth-order valence-corrected chi connectivity index (χ4v) is 4.75. The summed E-state index contributed by atoms with van der Waals surface area (Å²) < 4.78 is 28.3. The Kier molecular flexibility index (Phi) is 6.07. The monoisotopic (exact) mass is 434 g/mol.